The highest BCUT2D eigenvalue weighted by Crippen LogP contribution is 2.35. The number of ether oxygens (including phenoxy) is 1. The van der Waals surface area contributed by atoms with Crippen LogP contribution in [-0.4, -0.2) is 55.7 Å². The zero-order chi connectivity index (χ0) is 30.9. The molecular formula is C35H31FN8O. The Bertz CT molecular complexity index is 2120. The van der Waals surface area contributed by atoms with Gasteiger partial charge in [-0.15, -0.1) is 0 Å². The van der Waals surface area contributed by atoms with Crippen molar-refractivity contribution in [2.75, 3.05) is 20.6 Å². The van der Waals surface area contributed by atoms with Gasteiger partial charge in [-0.1, -0.05) is 30.3 Å². The van der Waals surface area contributed by atoms with Crippen molar-refractivity contribution in [2.45, 2.75) is 12.6 Å². The van der Waals surface area contributed by atoms with Gasteiger partial charge < -0.3 is 20.4 Å². The number of nitrogens with zero attached hydrogens (tertiary/aromatic N) is 5. The Morgan fingerprint density at radius 1 is 0.889 bits per heavy atom. The highest BCUT2D eigenvalue weighted by Gasteiger charge is 2.17. The largest absolute Gasteiger partial charge is 0.487 e. The minimum Gasteiger partial charge on any atom is -0.487 e. The summed E-state index contributed by atoms with van der Waals surface area (Å²) >= 11 is 0. The van der Waals surface area contributed by atoms with E-state index in [1.54, 1.807) is 24.8 Å². The zero-order valence-corrected chi connectivity index (χ0v) is 24.8. The molecule has 0 amide bonds. The van der Waals surface area contributed by atoms with Crippen LogP contribution in [0.15, 0.2) is 97.6 Å². The predicted octanol–water partition coefficient (Wildman–Crippen LogP) is 6.51. The van der Waals surface area contributed by atoms with Crippen LogP contribution < -0.4 is 10.5 Å². The first-order valence-electron chi connectivity index (χ1n) is 14.6. The number of likely N-dealkylation sites (N-methyl/N-ethyl adjacent to an activating group) is 1. The number of fused-ring (bicyclic) bond motifs is 2. The van der Waals surface area contributed by atoms with E-state index >= 15 is 0 Å². The monoisotopic (exact) mass is 598 g/mol. The van der Waals surface area contributed by atoms with Crippen molar-refractivity contribution in [3.05, 3.63) is 115 Å². The van der Waals surface area contributed by atoms with Crippen LogP contribution in [0.5, 0.6) is 5.75 Å². The van der Waals surface area contributed by atoms with Gasteiger partial charge in [0.25, 0.3) is 0 Å². The van der Waals surface area contributed by atoms with Crippen molar-refractivity contribution in [3.63, 3.8) is 0 Å². The first-order valence-corrected chi connectivity index (χ1v) is 14.6. The second-order valence-electron chi connectivity index (χ2n) is 11.3. The number of aromatic nitrogens is 6. The maximum absolute atomic E-state index is 14.8. The minimum atomic E-state index is -0.353. The van der Waals surface area contributed by atoms with Gasteiger partial charge in [0.05, 0.1) is 23.3 Å². The molecule has 5 heterocycles. The van der Waals surface area contributed by atoms with Gasteiger partial charge in [-0.2, -0.15) is 5.10 Å². The summed E-state index contributed by atoms with van der Waals surface area (Å²) in [5, 5.41) is 9.28. The molecule has 1 unspecified atom stereocenters. The number of halogens is 1. The molecule has 0 aliphatic heterocycles. The molecule has 0 aliphatic rings. The van der Waals surface area contributed by atoms with E-state index in [9.17, 15) is 4.39 Å². The second kappa shape index (κ2) is 11.9. The van der Waals surface area contributed by atoms with Gasteiger partial charge in [-0.25, -0.2) is 9.37 Å². The highest BCUT2D eigenvalue weighted by atomic mass is 19.1. The van der Waals surface area contributed by atoms with Gasteiger partial charge >= 0.3 is 0 Å². The smallest absolute Gasteiger partial charge is 0.181 e. The lowest BCUT2D eigenvalue weighted by atomic mass is 10.00. The van der Waals surface area contributed by atoms with Crippen molar-refractivity contribution in [3.8, 4) is 39.5 Å². The molecule has 7 aromatic rings. The molecule has 0 radical (unpaired) electrons. The fourth-order valence-electron chi connectivity index (χ4n) is 5.54. The fourth-order valence-corrected chi connectivity index (χ4v) is 5.54. The first-order chi connectivity index (χ1) is 21.9. The SMILES string of the molecule is CN(C)CC(N)c1cc(F)cc(-c2nccc3[nH]c(-c4[nH]nc5ncc(-c6cncc(OCc7ccccc7)c6)cc45)cc23)c1. The molecule has 9 nitrogen and oxygen atoms in total. The molecule has 0 saturated heterocycles. The molecule has 4 N–H and O–H groups in total. The van der Waals surface area contributed by atoms with E-state index < -0.39 is 0 Å². The average Bonchev–Trinajstić information content (AvgIpc) is 3.68. The van der Waals surface area contributed by atoms with Crippen LogP contribution in [0.2, 0.25) is 0 Å². The van der Waals surface area contributed by atoms with Crippen LogP contribution >= 0.6 is 0 Å². The number of nitrogens with one attached hydrogen (secondary N) is 2. The van der Waals surface area contributed by atoms with Crippen molar-refractivity contribution in [1.82, 2.24) is 35.0 Å². The Labute approximate surface area is 258 Å². The van der Waals surface area contributed by atoms with Crippen molar-refractivity contribution >= 4 is 21.9 Å². The van der Waals surface area contributed by atoms with Crippen LogP contribution in [0.25, 0.3) is 55.7 Å². The standard InChI is InChI=1S/C35H31FN8O/c1-44(2)19-30(37)22-10-23(12-26(36)11-22)33-28-15-32(41-31(28)8-9-39-33)34-29-14-25(17-40-35(29)43-42-34)24-13-27(18-38-16-24)45-20-21-6-4-3-5-7-21/h3-18,30,41H,19-20,37H2,1-2H3,(H,40,42,43). The number of H-pyrrole nitrogens is 2. The minimum absolute atomic E-state index is 0.334. The lowest BCUT2D eigenvalue weighted by Gasteiger charge is -2.18. The van der Waals surface area contributed by atoms with E-state index in [-0.39, 0.29) is 11.9 Å². The topological polar surface area (TPSA) is 122 Å². The molecule has 0 bridgehead atoms. The summed E-state index contributed by atoms with van der Waals surface area (Å²) in [5.41, 5.74) is 14.3. The lowest BCUT2D eigenvalue weighted by Crippen LogP contribution is -2.26. The molecule has 0 aliphatic carbocycles. The summed E-state index contributed by atoms with van der Waals surface area (Å²) in [7, 11) is 3.88. The molecule has 0 spiro atoms. The Hall–Kier alpha value is -5.45. The number of hydrogen-bond donors (Lipinski definition) is 3. The maximum Gasteiger partial charge on any atom is 0.181 e. The summed E-state index contributed by atoms with van der Waals surface area (Å²) in [6, 6.07) is 22.5. The summed E-state index contributed by atoms with van der Waals surface area (Å²) in [4.78, 5) is 19.1. The predicted molar refractivity (Wildman–Crippen MR) is 174 cm³/mol. The number of nitrogens with two attached hydrogens (primary N) is 1. The summed E-state index contributed by atoms with van der Waals surface area (Å²) in [5.74, 6) is 0.316. The third kappa shape index (κ3) is 5.88. The van der Waals surface area contributed by atoms with Gasteiger partial charge in [-0.3, -0.25) is 15.1 Å². The molecule has 2 aromatic carbocycles. The molecule has 5 aromatic heterocycles. The van der Waals surface area contributed by atoms with Crippen molar-refractivity contribution in [1.29, 1.82) is 0 Å². The number of pyridine rings is 3. The average molecular weight is 599 g/mol. The lowest BCUT2D eigenvalue weighted by molar-refractivity contribution is 0.305. The highest BCUT2D eigenvalue weighted by molar-refractivity contribution is 6.00. The normalized spacial score (nSPS) is 12.3. The summed E-state index contributed by atoms with van der Waals surface area (Å²) in [6.07, 6.45) is 6.99. The Balaban J connectivity index is 1.22. The van der Waals surface area contributed by atoms with E-state index in [4.69, 9.17) is 10.5 Å². The number of aromatic amines is 2. The van der Waals surface area contributed by atoms with E-state index in [0.717, 1.165) is 49.9 Å². The molecule has 45 heavy (non-hydrogen) atoms. The van der Waals surface area contributed by atoms with Crippen LogP contribution in [0.4, 0.5) is 4.39 Å². The van der Waals surface area contributed by atoms with E-state index in [2.05, 4.69) is 30.1 Å². The van der Waals surface area contributed by atoms with Crippen LogP contribution in [0.3, 0.4) is 0 Å². The molecule has 0 fully saturated rings. The molecule has 10 heteroatoms. The third-order valence-corrected chi connectivity index (χ3v) is 7.71. The molecule has 0 saturated carbocycles. The van der Waals surface area contributed by atoms with Gasteiger partial charge in [0.2, 0.25) is 0 Å². The van der Waals surface area contributed by atoms with Gasteiger partial charge in [0.1, 0.15) is 18.2 Å². The van der Waals surface area contributed by atoms with Crippen LogP contribution in [-0.2, 0) is 6.61 Å². The molecule has 1 atom stereocenters. The van der Waals surface area contributed by atoms with Crippen LogP contribution in [0.1, 0.15) is 17.2 Å². The van der Waals surface area contributed by atoms with Gasteiger partial charge in [0.15, 0.2) is 5.65 Å². The third-order valence-electron chi connectivity index (χ3n) is 7.71. The number of benzene rings is 2. The van der Waals surface area contributed by atoms with E-state index in [0.29, 0.717) is 35.8 Å². The summed E-state index contributed by atoms with van der Waals surface area (Å²) in [6.45, 7) is 1.05. The van der Waals surface area contributed by atoms with Crippen molar-refractivity contribution < 1.29 is 9.13 Å². The number of rotatable bonds is 9. The van der Waals surface area contributed by atoms with E-state index in [1.807, 2.05) is 79.7 Å². The van der Waals surface area contributed by atoms with Gasteiger partial charge in [-0.05, 0) is 67.7 Å². The molecular weight excluding hydrogens is 567 g/mol. The van der Waals surface area contributed by atoms with Gasteiger partial charge in [0, 0.05) is 64.2 Å². The Morgan fingerprint density at radius 3 is 2.58 bits per heavy atom. The fraction of sp³-hybridized carbons (Fsp3) is 0.143. The zero-order valence-electron chi connectivity index (χ0n) is 24.8. The quantitative estimate of drug-likeness (QED) is 0.173. The Kier molecular flexibility index (Phi) is 7.50. The van der Waals surface area contributed by atoms with Crippen molar-refractivity contribution in [2.24, 2.45) is 5.73 Å². The molecule has 224 valence electrons. The maximum atomic E-state index is 14.8. The Morgan fingerprint density at radius 2 is 1.73 bits per heavy atom. The summed E-state index contributed by atoms with van der Waals surface area (Å²) < 4.78 is 20.8. The first kappa shape index (κ1) is 28.3. The van der Waals surface area contributed by atoms with Crippen LogP contribution in [0, 0.1) is 5.82 Å². The second-order valence-corrected chi connectivity index (χ2v) is 11.3. The number of hydrogen-bond acceptors (Lipinski definition) is 7. The molecule has 7 rings (SSSR count). The van der Waals surface area contributed by atoms with E-state index in [1.165, 1.54) is 12.1 Å².